The third-order valence-corrected chi connectivity index (χ3v) is 12.6. The molecule has 216 valence electrons. The summed E-state index contributed by atoms with van der Waals surface area (Å²) in [7, 11) is -0.739. The van der Waals surface area contributed by atoms with Gasteiger partial charge in [-0.3, -0.25) is 0 Å². The molecule has 0 aromatic carbocycles. The zero-order valence-electron chi connectivity index (χ0n) is 25.4. The first-order valence-electron chi connectivity index (χ1n) is 13.9. The lowest BCUT2D eigenvalue weighted by Gasteiger charge is -2.44. The van der Waals surface area contributed by atoms with Crippen molar-refractivity contribution in [3.63, 3.8) is 0 Å². The molecule has 2 rings (SSSR count). The van der Waals surface area contributed by atoms with E-state index in [1.54, 1.807) is 20.8 Å². The lowest BCUT2D eigenvalue weighted by molar-refractivity contribution is -0.245. The fourth-order valence-corrected chi connectivity index (χ4v) is 6.13. The number of hydrogen-bond acceptors (Lipinski definition) is 7. The van der Waals surface area contributed by atoms with E-state index in [1.165, 1.54) is 7.11 Å². The number of rotatable bonds is 8. The molecule has 1 spiro atoms. The van der Waals surface area contributed by atoms with Gasteiger partial charge in [-0.25, -0.2) is 9.59 Å². The molecule has 0 aromatic heterocycles. The molecule has 6 atom stereocenters. The molecule has 0 radical (unpaired) electrons. The van der Waals surface area contributed by atoms with E-state index in [0.29, 0.717) is 18.4 Å². The Kier molecular flexibility index (Phi) is 10.3. The molecule has 37 heavy (non-hydrogen) atoms. The largest absolute Gasteiger partial charge is 0.467 e. The van der Waals surface area contributed by atoms with Gasteiger partial charge in [-0.05, 0) is 57.2 Å². The summed E-state index contributed by atoms with van der Waals surface area (Å²) in [6.45, 7) is 23.4. The maximum Gasteiger partial charge on any atom is 0.408 e. The Morgan fingerprint density at radius 1 is 1.05 bits per heavy atom. The van der Waals surface area contributed by atoms with Gasteiger partial charge in [0.15, 0.2) is 14.1 Å². The number of hydrogen-bond donors (Lipinski definition) is 1. The zero-order valence-corrected chi connectivity index (χ0v) is 26.4. The van der Waals surface area contributed by atoms with Crippen LogP contribution in [0.2, 0.25) is 18.1 Å². The second kappa shape index (κ2) is 11.9. The van der Waals surface area contributed by atoms with Gasteiger partial charge >= 0.3 is 12.1 Å². The van der Waals surface area contributed by atoms with Gasteiger partial charge in [0, 0.05) is 18.8 Å². The minimum atomic E-state index is -2.05. The number of nitrogens with one attached hydrogen (secondary N) is 1. The van der Waals surface area contributed by atoms with Gasteiger partial charge in [0.1, 0.15) is 17.7 Å². The average molecular weight is 544 g/mol. The molecule has 1 heterocycles. The SMILES string of the molecule is COC(=O)[C@H](C[C@@H]1O[C@@]2(C[C@H](C)CC[C@H]2C(C)C)O[C@@H]1CO[Si](C)(C)C(C)(C)C)NC(=O)OC(C)(C)C. The Hall–Kier alpha value is -1.16. The van der Waals surface area contributed by atoms with Gasteiger partial charge in [0.25, 0.3) is 0 Å². The Balaban J connectivity index is 2.34. The predicted molar refractivity (Wildman–Crippen MR) is 147 cm³/mol. The third kappa shape index (κ3) is 8.41. The van der Waals surface area contributed by atoms with Crippen LogP contribution in [-0.4, -0.2) is 63.7 Å². The number of ether oxygens (including phenoxy) is 4. The highest BCUT2D eigenvalue weighted by Gasteiger charge is 2.56. The highest BCUT2D eigenvalue weighted by Crippen LogP contribution is 2.50. The fraction of sp³-hybridized carbons (Fsp3) is 0.929. The van der Waals surface area contributed by atoms with Gasteiger partial charge in [-0.2, -0.15) is 0 Å². The summed E-state index contributed by atoms with van der Waals surface area (Å²) in [5, 5.41) is 2.75. The van der Waals surface area contributed by atoms with Crippen LogP contribution in [0.4, 0.5) is 4.79 Å². The maximum absolute atomic E-state index is 12.7. The summed E-state index contributed by atoms with van der Waals surface area (Å²) in [5.41, 5.74) is -0.690. The molecular weight excluding hydrogens is 490 g/mol. The van der Waals surface area contributed by atoms with E-state index in [4.69, 9.17) is 23.4 Å². The Morgan fingerprint density at radius 3 is 2.16 bits per heavy atom. The number of amides is 1. The van der Waals surface area contributed by atoms with E-state index >= 15 is 0 Å². The first-order chi connectivity index (χ1) is 16.8. The molecule has 1 aliphatic heterocycles. The van der Waals surface area contributed by atoms with Crippen molar-refractivity contribution in [2.45, 2.75) is 136 Å². The summed E-state index contributed by atoms with van der Waals surface area (Å²) < 4.78 is 30.7. The van der Waals surface area contributed by atoms with Crippen LogP contribution in [0.25, 0.3) is 0 Å². The number of carbonyl (C=O) groups is 2. The molecule has 1 aliphatic carbocycles. The van der Waals surface area contributed by atoms with Crippen molar-refractivity contribution in [2.24, 2.45) is 17.8 Å². The molecule has 2 fully saturated rings. The molecule has 8 nitrogen and oxygen atoms in total. The molecule has 2 aliphatic rings. The molecule has 9 heteroatoms. The second-order valence-electron chi connectivity index (χ2n) is 13.9. The van der Waals surface area contributed by atoms with E-state index < -0.39 is 43.9 Å². The Morgan fingerprint density at radius 2 is 1.65 bits per heavy atom. The van der Waals surface area contributed by atoms with Crippen molar-refractivity contribution in [3.8, 4) is 0 Å². The van der Waals surface area contributed by atoms with E-state index in [9.17, 15) is 9.59 Å². The third-order valence-electron chi connectivity index (χ3n) is 8.15. The summed E-state index contributed by atoms with van der Waals surface area (Å²) in [4.78, 5) is 25.3. The van der Waals surface area contributed by atoms with E-state index in [-0.39, 0.29) is 23.5 Å². The average Bonchev–Trinajstić information content (AvgIpc) is 3.05. The van der Waals surface area contributed by atoms with Gasteiger partial charge in [0.05, 0.1) is 19.8 Å². The minimum Gasteiger partial charge on any atom is -0.467 e. The summed E-state index contributed by atoms with van der Waals surface area (Å²) in [6.07, 6.45) is 1.68. The van der Waals surface area contributed by atoms with Crippen LogP contribution in [0.15, 0.2) is 0 Å². The van der Waals surface area contributed by atoms with E-state index in [1.807, 2.05) is 0 Å². The predicted octanol–water partition coefficient (Wildman–Crippen LogP) is 6.04. The van der Waals surface area contributed by atoms with Crippen LogP contribution < -0.4 is 5.32 Å². The smallest absolute Gasteiger partial charge is 0.408 e. The molecular formula is C28H53NO7Si. The normalized spacial score (nSPS) is 29.9. The number of alkyl carbamates (subject to hydrolysis) is 1. The molecule has 1 saturated carbocycles. The van der Waals surface area contributed by atoms with Crippen molar-refractivity contribution in [1.29, 1.82) is 0 Å². The maximum atomic E-state index is 12.7. The topological polar surface area (TPSA) is 92.3 Å². The Labute approximate surface area is 226 Å². The molecule has 1 saturated heterocycles. The van der Waals surface area contributed by atoms with Gasteiger partial charge < -0.3 is 28.7 Å². The lowest BCUT2D eigenvalue weighted by Crippen LogP contribution is -2.48. The zero-order chi connectivity index (χ0) is 28.4. The molecule has 0 aromatic rings. The number of methoxy groups -OCH3 is 1. The van der Waals surface area contributed by atoms with Crippen molar-refractivity contribution >= 4 is 20.4 Å². The highest BCUT2D eigenvalue weighted by atomic mass is 28.4. The van der Waals surface area contributed by atoms with Crippen molar-refractivity contribution in [1.82, 2.24) is 5.32 Å². The molecule has 1 amide bonds. The van der Waals surface area contributed by atoms with Crippen LogP contribution in [0.1, 0.15) is 88.0 Å². The fourth-order valence-electron chi connectivity index (χ4n) is 5.11. The Bertz CT molecular complexity index is 788. The first kappa shape index (κ1) is 32.1. The first-order valence-corrected chi connectivity index (χ1v) is 16.8. The van der Waals surface area contributed by atoms with Crippen molar-refractivity contribution in [3.05, 3.63) is 0 Å². The summed E-state index contributed by atoms with van der Waals surface area (Å²) in [5.74, 6) is -0.197. The van der Waals surface area contributed by atoms with Gasteiger partial charge in [-0.15, -0.1) is 0 Å². The van der Waals surface area contributed by atoms with Crippen LogP contribution in [-0.2, 0) is 28.2 Å². The monoisotopic (exact) mass is 543 g/mol. The quantitative estimate of drug-likeness (QED) is 0.295. The molecule has 0 unspecified atom stereocenters. The van der Waals surface area contributed by atoms with Gasteiger partial charge in [-0.1, -0.05) is 48.0 Å². The number of esters is 1. The summed E-state index contributed by atoms with van der Waals surface area (Å²) in [6, 6.07) is -0.933. The number of carbonyl (C=O) groups excluding carboxylic acids is 2. The second-order valence-corrected chi connectivity index (χ2v) is 18.7. The van der Waals surface area contributed by atoms with Crippen LogP contribution >= 0.6 is 0 Å². The van der Waals surface area contributed by atoms with Crippen LogP contribution in [0.5, 0.6) is 0 Å². The van der Waals surface area contributed by atoms with E-state index in [2.05, 4.69) is 60.0 Å². The molecule has 1 N–H and O–H groups in total. The minimum absolute atomic E-state index is 0.0479. The summed E-state index contributed by atoms with van der Waals surface area (Å²) >= 11 is 0. The van der Waals surface area contributed by atoms with Gasteiger partial charge in [0.2, 0.25) is 0 Å². The lowest BCUT2D eigenvalue weighted by atomic mass is 9.73. The van der Waals surface area contributed by atoms with Crippen molar-refractivity contribution < 1.29 is 33.0 Å². The standard InChI is InChI=1S/C28H53NO7Si/c1-18(2)20-14-13-19(3)16-28(20)34-22(23(35-28)17-33-37(11,12)27(7,8)9)15-21(24(30)32-10)29-25(31)36-26(4,5)6/h18-23H,13-17H2,1-12H3,(H,29,31)/t19-,20+,21+,22+,23-,28+/m1/s1. The van der Waals surface area contributed by atoms with Crippen LogP contribution in [0, 0.1) is 17.8 Å². The van der Waals surface area contributed by atoms with E-state index in [0.717, 1.165) is 19.3 Å². The van der Waals surface area contributed by atoms with Crippen molar-refractivity contribution in [2.75, 3.05) is 13.7 Å². The highest BCUT2D eigenvalue weighted by molar-refractivity contribution is 6.74. The molecule has 0 bridgehead atoms. The van der Waals surface area contributed by atoms with Crippen LogP contribution in [0.3, 0.4) is 0 Å².